The SMILES string of the molecule is N#CC(C#N)=C(C#N)Nc1cccc(NS(=O)(=O)C2CC2)c1. The third-order valence-electron chi connectivity index (χ3n) is 2.94. The van der Waals surface area contributed by atoms with Gasteiger partial charge in [-0.25, -0.2) is 8.42 Å². The fraction of sp³-hybridized carbons (Fsp3) is 0.214. The van der Waals surface area contributed by atoms with E-state index in [1.807, 2.05) is 0 Å². The number of hydrogen-bond acceptors (Lipinski definition) is 6. The van der Waals surface area contributed by atoms with Crippen LogP contribution in [-0.4, -0.2) is 13.7 Å². The van der Waals surface area contributed by atoms with Crippen LogP contribution in [-0.2, 0) is 10.0 Å². The summed E-state index contributed by atoms with van der Waals surface area (Å²) in [6.07, 6.45) is 1.31. The number of benzene rings is 1. The highest BCUT2D eigenvalue weighted by atomic mass is 32.2. The minimum absolute atomic E-state index is 0.188. The van der Waals surface area contributed by atoms with E-state index in [0.29, 0.717) is 24.2 Å². The summed E-state index contributed by atoms with van der Waals surface area (Å²) >= 11 is 0. The second-order valence-electron chi connectivity index (χ2n) is 4.64. The van der Waals surface area contributed by atoms with E-state index in [1.54, 1.807) is 36.4 Å². The van der Waals surface area contributed by atoms with Crippen LogP contribution in [0.3, 0.4) is 0 Å². The Hall–Kier alpha value is -3.02. The molecule has 0 aliphatic heterocycles. The number of allylic oxidation sites excluding steroid dienone is 2. The van der Waals surface area contributed by atoms with Crippen LogP contribution >= 0.6 is 0 Å². The Balaban J connectivity index is 2.23. The van der Waals surface area contributed by atoms with Gasteiger partial charge in [0, 0.05) is 5.69 Å². The average Bonchev–Trinajstić information content (AvgIpc) is 3.32. The molecule has 0 saturated heterocycles. The molecule has 8 heteroatoms. The first-order valence-electron chi connectivity index (χ1n) is 6.33. The largest absolute Gasteiger partial charge is 0.345 e. The zero-order valence-corrected chi connectivity index (χ0v) is 12.2. The van der Waals surface area contributed by atoms with Crippen LogP contribution in [0.25, 0.3) is 0 Å². The van der Waals surface area contributed by atoms with Gasteiger partial charge in [0.1, 0.15) is 23.9 Å². The van der Waals surface area contributed by atoms with E-state index in [-0.39, 0.29) is 16.5 Å². The molecule has 1 aliphatic carbocycles. The molecule has 1 aliphatic rings. The zero-order chi connectivity index (χ0) is 16.2. The molecule has 0 unspecified atom stereocenters. The van der Waals surface area contributed by atoms with Gasteiger partial charge in [0.25, 0.3) is 0 Å². The van der Waals surface area contributed by atoms with Crippen LogP contribution < -0.4 is 10.0 Å². The Labute approximate surface area is 128 Å². The Morgan fingerprint density at radius 2 is 1.73 bits per heavy atom. The van der Waals surface area contributed by atoms with Crippen molar-refractivity contribution in [3.05, 3.63) is 35.5 Å². The summed E-state index contributed by atoms with van der Waals surface area (Å²) in [6.45, 7) is 0. The lowest BCUT2D eigenvalue weighted by Gasteiger charge is -2.09. The van der Waals surface area contributed by atoms with Crippen molar-refractivity contribution in [2.45, 2.75) is 18.1 Å². The van der Waals surface area contributed by atoms with Crippen molar-refractivity contribution >= 4 is 21.4 Å². The highest BCUT2D eigenvalue weighted by molar-refractivity contribution is 7.93. The van der Waals surface area contributed by atoms with Crippen LogP contribution in [0.15, 0.2) is 35.5 Å². The molecule has 0 aromatic heterocycles. The molecular weight excluding hydrogens is 302 g/mol. The lowest BCUT2D eigenvalue weighted by atomic mass is 10.2. The fourth-order valence-corrected chi connectivity index (χ4v) is 3.09. The molecule has 0 amide bonds. The fourth-order valence-electron chi connectivity index (χ4n) is 1.71. The Bertz CT molecular complexity index is 832. The van der Waals surface area contributed by atoms with Crippen molar-refractivity contribution in [3.63, 3.8) is 0 Å². The number of sulfonamides is 1. The molecule has 0 radical (unpaired) electrons. The van der Waals surface area contributed by atoms with Gasteiger partial charge in [0.05, 0.1) is 10.9 Å². The van der Waals surface area contributed by atoms with E-state index in [1.165, 1.54) is 6.07 Å². The third-order valence-corrected chi connectivity index (χ3v) is 4.81. The molecule has 1 aromatic carbocycles. The van der Waals surface area contributed by atoms with Crippen molar-refractivity contribution < 1.29 is 8.42 Å². The number of anilines is 2. The summed E-state index contributed by atoms with van der Waals surface area (Å²) in [5.74, 6) is 0. The Morgan fingerprint density at radius 3 is 2.27 bits per heavy atom. The summed E-state index contributed by atoms with van der Waals surface area (Å²) in [7, 11) is -3.38. The van der Waals surface area contributed by atoms with E-state index < -0.39 is 10.0 Å². The maximum Gasteiger partial charge on any atom is 0.235 e. The second kappa shape index (κ2) is 6.17. The normalized spacial score (nSPS) is 13.1. The smallest absolute Gasteiger partial charge is 0.235 e. The van der Waals surface area contributed by atoms with Crippen molar-refractivity contribution in [1.29, 1.82) is 15.8 Å². The predicted molar refractivity (Wildman–Crippen MR) is 79.5 cm³/mol. The van der Waals surface area contributed by atoms with Crippen LogP contribution in [0.2, 0.25) is 0 Å². The van der Waals surface area contributed by atoms with Crippen LogP contribution in [0.1, 0.15) is 12.8 Å². The topological polar surface area (TPSA) is 130 Å². The molecule has 0 heterocycles. The monoisotopic (exact) mass is 313 g/mol. The van der Waals surface area contributed by atoms with E-state index in [4.69, 9.17) is 15.8 Å². The van der Waals surface area contributed by atoms with Crippen molar-refractivity contribution in [2.24, 2.45) is 0 Å². The quantitative estimate of drug-likeness (QED) is 0.797. The maximum atomic E-state index is 11.9. The van der Waals surface area contributed by atoms with Crippen LogP contribution in [0, 0.1) is 34.0 Å². The van der Waals surface area contributed by atoms with E-state index in [9.17, 15) is 8.42 Å². The number of rotatable bonds is 5. The van der Waals surface area contributed by atoms with Gasteiger partial charge in [-0.2, -0.15) is 15.8 Å². The molecule has 0 spiro atoms. The molecule has 22 heavy (non-hydrogen) atoms. The van der Waals surface area contributed by atoms with Crippen LogP contribution in [0.5, 0.6) is 0 Å². The molecule has 1 aromatic rings. The van der Waals surface area contributed by atoms with Gasteiger partial charge in [-0.3, -0.25) is 4.72 Å². The molecule has 7 nitrogen and oxygen atoms in total. The summed E-state index contributed by atoms with van der Waals surface area (Å²) in [5, 5.41) is 28.8. The molecular formula is C14H11N5O2S. The first-order chi connectivity index (χ1) is 10.5. The van der Waals surface area contributed by atoms with Gasteiger partial charge in [0.15, 0.2) is 5.57 Å². The third kappa shape index (κ3) is 3.54. The molecule has 1 fully saturated rings. The average molecular weight is 313 g/mol. The van der Waals surface area contributed by atoms with Gasteiger partial charge in [-0.1, -0.05) is 6.07 Å². The molecule has 0 bridgehead atoms. The van der Waals surface area contributed by atoms with Crippen molar-refractivity contribution in [3.8, 4) is 18.2 Å². The van der Waals surface area contributed by atoms with Crippen LogP contribution in [0.4, 0.5) is 11.4 Å². The van der Waals surface area contributed by atoms with Gasteiger partial charge in [-0.05, 0) is 31.0 Å². The second-order valence-corrected chi connectivity index (χ2v) is 6.60. The van der Waals surface area contributed by atoms with Crippen molar-refractivity contribution in [1.82, 2.24) is 0 Å². The lowest BCUT2D eigenvalue weighted by Crippen LogP contribution is -2.17. The molecule has 2 rings (SSSR count). The molecule has 110 valence electrons. The molecule has 0 atom stereocenters. The first kappa shape index (κ1) is 15.4. The number of nitriles is 3. The Kier molecular flexibility index (Phi) is 4.31. The minimum atomic E-state index is -3.38. The Morgan fingerprint density at radius 1 is 1.09 bits per heavy atom. The maximum absolute atomic E-state index is 11.9. The molecule has 2 N–H and O–H groups in total. The highest BCUT2D eigenvalue weighted by Gasteiger charge is 2.35. The van der Waals surface area contributed by atoms with Gasteiger partial charge >= 0.3 is 0 Å². The first-order valence-corrected chi connectivity index (χ1v) is 7.88. The summed E-state index contributed by atoms with van der Waals surface area (Å²) in [6, 6.07) is 11.2. The molecule has 1 saturated carbocycles. The summed E-state index contributed by atoms with van der Waals surface area (Å²) < 4.78 is 26.2. The number of nitrogens with zero attached hydrogens (tertiary/aromatic N) is 3. The zero-order valence-electron chi connectivity index (χ0n) is 11.4. The number of hydrogen-bond donors (Lipinski definition) is 2. The highest BCUT2D eigenvalue weighted by Crippen LogP contribution is 2.30. The standard InChI is InChI=1S/C14H11N5O2S/c15-7-10(8-16)14(9-17)18-11-2-1-3-12(6-11)19-22(20,21)13-4-5-13/h1-3,6,13,18-19H,4-5H2. The van der Waals surface area contributed by atoms with Gasteiger partial charge in [0.2, 0.25) is 10.0 Å². The minimum Gasteiger partial charge on any atom is -0.345 e. The van der Waals surface area contributed by atoms with Gasteiger partial charge < -0.3 is 5.32 Å². The summed E-state index contributed by atoms with van der Waals surface area (Å²) in [5.41, 5.74) is 0.221. The summed E-state index contributed by atoms with van der Waals surface area (Å²) in [4.78, 5) is 0. The lowest BCUT2D eigenvalue weighted by molar-refractivity contribution is 0.600. The van der Waals surface area contributed by atoms with E-state index in [2.05, 4.69) is 10.0 Å². The predicted octanol–water partition coefficient (Wildman–Crippen LogP) is 1.83. The number of nitrogens with one attached hydrogen (secondary N) is 2. The van der Waals surface area contributed by atoms with E-state index >= 15 is 0 Å². The van der Waals surface area contributed by atoms with E-state index in [0.717, 1.165) is 0 Å². The van der Waals surface area contributed by atoms with Crippen molar-refractivity contribution in [2.75, 3.05) is 10.0 Å². The van der Waals surface area contributed by atoms with Gasteiger partial charge in [-0.15, -0.1) is 0 Å².